The molecule has 7 heterocycles. The zero-order valence-corrected chi connectivity index (χ0v) is 41.8. The highest BCUT2D eigenvalue weighted by atomic mass is 16.5. The van der Waals surface area contributed by atoms with E-state index in [1.54, 1.807) is 0 Å². The predicted molar refractivity (Wildman–Crippen MR) is 317 cm³/mol. The standard InChI is InChI=1S/C71H42N6O/c1-9-29-57-45(19-1)46-20-2-10-30-58(46)74(57)43-39-55-67(72-41-43)68-56(40-44(42-73-68)75-59-31-11-3-21-47(59)48-22-4-12-32-60(48)75)71(55)53-27-17-37-65(76-61-33-13-5-23-49(61)50-24-6-14-34-62(50)76)69(53)78-70-54(71)28-18-38-66(70)77-63-35-15-7-25-51(63)52-26-8-16-36-64(52)77/h1-42H. The van der Waals surface area contributed by atoms with Crippen LogP contribution in [0.15, 0.2) is 255 Å². The molecule has 0 atom stereocenters. The molecule has 7 heteroatoms. The van der Waals surface area contributed by atoms with Crippen LogP contribution in [-0.2, 0) is 5.41 Å². The van der Waals surface area contributed by atoms with Gasteiger partial charge in [0, 0.05) is 65.3 Å². The average Bonchev–Trinajstić information content (AvgIpc) is 3.61. The monoisotopic (exact) mass is 994 g/mol. The van der Waals surface area contributed by atoms with Gasteiger partial charge in [-0.2, -0.15) is 0 Å². The van der Waals surface area contributed by atoms with Crippen molar-refractivity contribution >= 4 is 87.2 Å². The Kier molecular flexibility index (Phi) is 8.21. The predicted octanol–water partition coefficient (Wildman–Crippen LogP) is 17.3. The third-order valence-corrected chi connectivity index (χ3v) is 17.1. The molecule has 0 unspecified atom stereocenters. The van der Waals surface area contributed by atoms with Gasteiger partial charge in [0.1, 0.15) is 0 Å². The van der Waals surface area contributed by atoms with Crippen molar-refractivity contribution in [2.45, 2.75) is 5.41 Å². The molecule has 1 spiro atoms. The summed E-state index contributed by atoms with van der Waals surface area (Å²) in [5.41, 5.74) is 17.4. The van der Waals surface area contributed by atoms with E-state index in [1.165, 1.54) is 43.1 Å². The van der Waals surface area contributed by atoms with Gasteiger partial charge in [-0.25, -0.2) is 0 Å². The topological polar surface area (TPSA) is 54.7 Å². The van der Waals surface area contributed by atoms with Gasteiger partial charge >= 0.3 is 0 Å². The summed E-state index contributed by atoms with van der Waals surface area (Å²) in [5, 5.41) is 9.49. The third kappa shape index (κ3) is 5.26. The van der Waals surface area contributed by atoms with Crippen molar-refractivity contribution in [1.29, 1.82) is 0 Å². The second-order valence-electron chi connectivity index (χ2n) is 20.8. The number of benzene rings is 10. The summed E-state index contributed by atoms with van der Waals surface area (Å²) in [7, 11) is 0. The van der Waals surface area contributed by atoms with E-state index >= 15 is 0 Å². The van der Waals surface area contributed by atoms with Crippen LogP contribution >= 0.6 is 0 Å². The van der Waals surface area contributed by atoms with Crippen LogP contribution in [0, 0.1) is 0 Å². The Bertz CT molecular complexity index is 4740. The maximum atomic E-state index is 7.94. The normalized spacial score (nSPS) is 13.3. The molecular formula is C71H42N6O. The number of para-hydroxylation sites is 10. The van der Waals surface area contributed by atoms with Crippen LogP contribution in [0.5, 0.6) is 11.5 Å². The van der Waals surface area contributed by atoms with Gasteiger partial charge in [0.05, 0.1) is 96.1 Å². The lowest BCUT2D eigenvalue weighted by Gasteiger charge is -2.40. The van der Waals surface area contributed by atoms with Crippen molar-refractivity contribution in [1.82, 2.24) is 28.2 Å². The number of aromatic nitrogens is 6. The third-order valence-electron chi connectivity index (χ3n) is 17.1. The highest BCUT2D eigenvalue weighted by Crippen LogP contribution is 2.64. The fourth-order valence-corrected chi connectivity index (χ4v) is 14.0. The first kappa shape index (κ1) is 41.8. The summed E-state index contributed by atoms with van der Waals surface area (Å²) >= 11 is 0. The molecule has 6 aromatic heterocycles. The lowest BCUT2D eigenvalue weighted by atomic mass is 9.66. The Balaban J connectivity index is 1.02. The van der Waals surface area contributed by atoms with E-state index in [-0.39, 0.29) is 0 Å². The first-order chi connectivity index (χ1) is 38.7. The van der Waals surface area contributed by atoms with Gasteiger partial charge in [0.15, 0.2) is 11.5 Å². The SMILES string of the molecule is c1cc(-n2c3ccccc3c3ccccc32)c2c(c1)C1(c3cc(-n4c5ccccc5c5ccccc54)cnc3-c3ncc(-n4c5ccccc5c5ccccc54)cc31)c1cccc(-n3c4ccccc4c4ccccc43)c1O2. The average molecular weight is 995 g/mol. The first-order valence-electron chi connectivity index (χ1n) is 26.6. The maximum absolute atomic E-state index is 7.94. The number of ether oxygens (including phenoxy) is 1. The molecule has 0 N–H and O–H groups in total. The molecule has 0 fully saturated rings. The van der Waals surface area contributed by atoms with Crippen LogP contribution in [0.3, 0.4) is 0 Å². The summed E-state index contributed by atoms with van der Waals surface area (Å²) in [5.74, 6) is 1.54. The van der Waals surface area contributed by atoms with E-state index in [1.807, 2.05) is 12.4 Å². The summed E-state index contributed by atoms with van der Waals surface area (Å²) in [6.07, 6.45) is 4.10. The van der Waals surface area contributed by atoms with Crippen LogP contribution in [0.1, 0.15) is 22.3 Å². The molecule has 0 amide bonds. The van der Waals surface area contributed by atoms with Crippen LogP contribution in [-0.4, -0.2) is 28.2 Å². The van der Waals surface area contributed by atoms with Crippen LogP contribution < -0.4 is 4.74 Å². The maximum Gasteiger partial charge on any atom is 0.156 e. The van der Waals surface area contributed by atoms with Gasteiger partial charge in [-0.15, -0.1) is 0 Å². The Morgan fingerprint density at radius 1 is 0.269 bits per heavy atom. The number of hydrogen-bond acceptors (Lipinski definition) is 3. The Labute approximate surface area is 446 Å². The zero-order valence-electron chi connectivity index (χ0n) is 41.8. The lowest BCUT2D eigenvalue weighted by Crippen LogP contribution is -2.33. The molecule has 10 aromatic carbocycles. The van der Waals surface area contributed by atoms with E-state index < -0.39 is 5.41 Å². The molecule has 0 bridgehead atoms. The summed E-state index contributed by atoms with van der Waals surface area (Å²) < 4.78 is 17.5. The molecule has 362 valence electrons. The molecule has 18 rings (SSSR count). The van der Waals surface area contributed by atoms with Gasteiger partial charge < -0.3 is 23.0 Å². The minimum absolute atomic E-state index is 0.771. The van der Waals surface area contributed by atoms with E-state index in [0.717, 1.165) is 112 Å². The molecule has 1 aliphatic carbocycles. The molecule has 0 saturated carbocycles. The Morgan fingerprint density at radius 3 is 0.833 bits per heavy atom. The minimum Gasteiger partial charge on any atom is -0.452 e. The molecular weight excluding hydrogens is 953 g/mol. The highest BCUT2D eigenvalue weighted by molar-refractivity contribution is 6.13. The van der Waals surface area contributed by atoms with Gasteiger partial charge in [0.25, 0.3) is 0 Å². The smallest absolute Gasteiger partial charge is 0.156 e. The molecule has 7 nitrogen and oxygen atoms in total. The summed E-state index contributed by atoms with van der Waals surface area (Å²) in [6, 6.07) is 88.1. The van der Waals surface area contributed by atoms with E-state index in [4.69, 9.17) is 14.7 Å². The van der Waals surface area contributed by atoms with Crippen molar-refractivity contribution < 1.29 is 4.74 Å². The first-order valence-corrected chi connectivity index (χ1v) is 26.6. The van der Waals surface area contributed by atoms with Crippen LogP contribution in [0.25, 0.3) is 121 Å². The number of hydrogen-bond donors (Lipinski definition) is 0. The highest BCUT2D eigenvalue weighted by Gasteiger charge is 2.54. The number of nitrogens with zero attached hydrogens (tertiary/aromatic N) is 6. The Morgan fingerprint density at radius 2 is 0.538 bits per heavy atom. The quantitative estimate of drug-likeness (QED) is 0.177. The van der Waals surface area contributed by atoms with E-state index in [2.05, 4.69) is 261 Å². The van der Waals surface area contributed by atoms with Gasteiger partial charge in [-0.3, -0.25) is 9.97 Å². The molecule has 0 radical (unpaired) electrons. The second kappa shape index (κ2) is 15.3. The fourth-order valence-electron chi connectivity index (χ4n) is 14.0. The lowest BCUT2D eigenvalue weighted by molar-refractivity contribution is 0.433. The van der Waals surface area contributed by atoms with Crippen LogP contribution in [0.2, 0.25) is 0 Å². The summed E-state index contributed by atoms with van der Waals surface area (Å²) in [6.45, 7) is 0. The zero-order chi connectivity index (χ0) is 50.8. The minimum atomic E-state index is -1.03. The second-order valence-corrected chi connectivity index (χ2v) is 20.8. The molecule has 0 saturated heterocycles. The van der Waals surface area contributed by atoms with Gasteiger partial charge in [-0.05, 0) is 72.8 Å². The van der Waals surface area contributed by atoms with Crippen molar-refractivity contribution in [2.75, 3.05) is 0 Å². The molecule has 1 aliphatic heterocycles. The number of rotatable bonds is 4. The van der Waals surface area contributed by atoms with Crippen molar-refractivity contribution in [3.05, 3.63) is 277 Å². The largest absolute Gasteiger partial charge is 0.452 e. The van der Waals surface area contributed by atoms with Gasteiger partial charge in [0.2, 0.25) is 0 Å². The molecule has 2 aliphatic rings. The van der Waals surface area contributed by atoms with Crippen molar-refractivity contribution in [3.63, 3.8) is 0 Å². The van der Waals surface area contributed by atoms with E-state index in [0.29, 0.717) is 0 Å². The van der Waals surface area contributed by atoms with Crippen molar-refractivity contribution in [3.8, 4) is 45.6 Å². The van der Waals surface area contributed by atoms with E-state index in [9.17, 15) is 0 Å². The number of fused-ring (bicyclic) bond motifs is 21. The van der Waals surface area contributed by atoms with Crippen molar-refractivity contribution in [2.24, 2.45) is 0 Å². The number of pyridine rings is 2. The Hall–Kier alpha value is -10.5. The molecule has 16 aromatic rings. The van der Waals surface area contributed by atoms with Gasteiger partial charge in [-0.1, -0.05) is 170 Å². The summed E-state index contributed by atoms with van der Waals surface area (Å²) in [4.78, 5) is 11.2. The van der Waals surface area contributed by atoms with Crippen LogP contribution in [0.4, 0.5) is 0 Å². The fraction of sp³-hybridized carbons (Fsp3) is 0.0141. The molecule has 78 heavy (non-hydrogen) atoms.